The molecule has 4 heteroatoms. The van der Waals surface area contributed by atoms with Crippen LogP contribution >= 0.6 is 0 Å². The zero-order valence-electron chi connectivity index (χ0n) is 10.8. The Kier molecular flexibility index (Phi) is 4.25. The van der Waals surface area contributed by atoms with Crippen molar-refractivity contribution >= 4 is 5.95 Å². The number of benzene rings is 1. The van der Waals surface area contributed by atoms with Gasteiger partial charge >= 0.3 is 0 Å². The van der Waals surface area contributed by atoms with Gasteiger partial charge in [-0.1, -0.05) is 24.3 Å². The van der Waals surface area contributed by atoms with E-state index in [1.54, 1.807) is 0 Å². The number of rotatable bonds is 5. The van der Waals surface area contributed by atoms with Crippen LogP contribution < -0.4 is 10.6 Å². The summed E-state index contributed by atoms with van der Waals surface area (Å²) in [6.07, 6.45) is 4.71. The van der Waals surface area contributed by atoms with Crippen molar-refractivity contribution < 1.29 is 0 Å². The fraction of sp³-hybridized carbons (Fsp3) is 0.286. The highest BCUT2D eigenvalue weighted by atomic mass is 15.1. The van der Waals surface area contributed by atoms with Crippen molar-refractivity contribution in [2.24, 2.45) is 0 Å². The number of hydrogen-bond acceptors (Lipinski definition) is 4. The Balaban J connectivity index is 2.20. The Labute approximate surface area is 107 Å². The molecule has 0 saturated heterocycles. The van der Waals surface area contributed by atoms with Crippen LogP contribution in [0.3, 0.4) is 0 Å². The van der Waals surface area contributed by atoms with E-state index < -0.39 is 0 Å². The Morgan fingerprint density at radius 3 is 2.50 bits per heavy atom. The maximum Gasteiger partial charge on any atom is 0.222 e. The summed E-state index contributed by atoms with van der Waals surface area (Å²) < 4.78 is 0. The Morgan fingerprint density at radius 1 is 1.06 bits per heavy atom. The van der Waals surface area contributed by atoms with Crippen molar-refractivity contribution in [1.82, 2.24) is 15.3 Å². The molecule has 0 aliphatic heterocycles. The van der Waals surface area contributed by atoms with E-state index in [1.807, 2.05) is 26.5 Å². The van der Waals surface area contributed by atoms with Gasteiger partial charge in [-0.3, -0.25) is 0 Å². The normalized spacial score (nSPS) is 10.3. The second-order valence-electron chi connectivity index (χ2n) is 4.10. The van der Waals surface area contributed by atoms with Crippen molar-refractivity contribution in [3.63, 3.8) is 0 Å². The Hall–Kier alpha value is -1.94. The Bertz CT molecular complexity index is 493. The third kappa shape index (κ3) is 3.05. The van der Waals surface area contributed by atoms with E-state index in [-0.39, 0.29) is 0 Å². The highest BCUT2D eigenvalue weighted by Crippen LogP contribution is 2.19. The standard InChI is InChI=1S/C14H18N4/c1-15-7-6-11-4-3-5-12(8-11)13-9-17-14(16-2)18-10-13/h3-5,8-10,15H,6-7H2,1-2H3,(H,16,17,18). The predicted molar refractivity (Wildman–Crippen MR) is 74.6 cm³/mol. The first-order valence-corrected chi connectivity index (χ1v) is 6.07. The summed E-state index contributed by atoms with van der Waals surface area (Å²) in [5.74, 6) is 0.644. The molecule has 0 unspecified atom stereocenters. The summed E-state index contributed by atoms with van der Waals surface area (Å²) in [6, 6.07) is 8.49. The van der Waals surface area contributed by atoms with Crippen molar-refractivity contribution in [3.05, 3.63) is 42.2 Å². The van der Waals surface area contributed by atoms with Gasteiger partial charge in [0.1, 0.15) is 0 Å². The average Bonchev–Trinajstić information content (AvgIpc) is 2.45. The molecule has 2 aromatic rings. The molecular weight excluding hydrogens is 224 g/mol. The summed E-state index contributed by atoms with van der Waals surface area (Å²) in [6.45, 7) is 0.985. The lowest BCUT2D eigenvalue weighted by Crippen LogP contribution is -2.10. The molecule has 1 aromatic heterocycles. The van der Waals surface area contributed by atoms with Crippen molar-refractivity contribution in [2.75, 3.05) is 26.0 Å². The largest absolute Gasteiger partial charge is 0.357 e. The van der Waals surface area contributed by atoms with Crippen LogP contribution in [0.15, 0.2) is 36.7 Å². The number of nitrogens with one attached hydrogen (secondary N) is 2. The first kappa shape index (κ1) is 12.5. The van der Waals surface area contributed by atoms with Crippen LogP contribution in [0.1, 0.15) is 5.56 Å². The molecule has 94 valence electrons. The second-order valence-corrected chi connectivity index (χ2v) is 4.10. The van der Waals surface area contributed by atoms with E-state index in [9.17, 15) is 0 Å². The molecule has 1 aromatic carbocycles. The number of aromatic nitrogens is 2. The first-order valence-electron chi connectivity index (χ1n) is 6.07. The summed E-state index contributed by atoms with van der Waals surface area (Å²) >= 11 is 0. The minimum atomic E-state index is 0.644. The quantitative estimate of drug-likeness (QED) is 0.841. The van der Waals surface area contributed by atoms with E-state index >= 15 is 0 Å². The maximum atomic E-state index is 4.23. The minimum absolute atomic E-state index is 0.644. The van der Waals surface area contributed by atoms with Gasteiger partial charge in [-0.05, 0) is 31.1 Å². The van der Waals surface area contributed by atoms with Gasteiger partial charge in [0.15, 0.2) is 0 Å². The lowest BCUT2D eigenvalue weighted by atomic mass is 10.0. The number of likely N-dealkylation sites (N-methyl/N-ethyl adjacent to an activating group) is 1. The molecule has 4 nitrogen and oxygen atoms in total. The molecule has 18 heavy (non-hydrogen) atoms. The highest BCUT2D eigenvalue weighted by molar-refractivity contribution is 5.62. The zero-order chi connectivity index (χ0) is 12.8. The molecular formula is C14H18N4. The minimum Gasteiger partial charge on any atom is -0.357 e. The van der Waals surface area contributed by atoms with Gasteiger partial charge in [0.2, 0.25) is 5.95 Å². The molecule has 2 rings (SSSR count). The fourth-order valence-electron chi connectivity index (χ4n) is 1.78. The molecule has 0 atom stereocenters. The van der Waals surface area contributed by atoms with Gasteiger partial charge in [-0.2, -0.15) is 0 Å². The summed E-state index contributed by atoms with van der Waals surface area (Å²) in [5, 5.41) is 6.07. The van der Waals surface area contributed by atoms with Gasteiger partial charge in [0.05, 0.1) is 0 Å². The van der Waals surface area contributed by atoms with Crippen LogP contribution in [0.5, 0.6) is 0 Å². The Morgan fingerprint density at radius 2 is 1.83 bits per heavy atom. The summed E-state index contributed by atoms with van der Waals surface area (Å²) in [7, 11) is 3.78. The van der Waals surface area contributed by atoms with Crippen LogP contribution in [0, 0.1) is 0 Å². The lowest BCUT2D eigenvalue weighted by Gasteiger charge is -2.05. The third-order valence-corrected chi connectivity index (χ3v) is 2.80. The topological polar surface area (TPSA) is 49.8 Å². The molecule has 0 fully saturated rings. The first-order chi connectivity index (χ1) is 8.83. The van der Waals surface area contributed by atoms with Gasteiger partial charge in [0, 0.05) is 25.0 Å². The number of nitrogens with zero attached hydrogens (tertiary/aromatic N) is 2. The van der Waals surface area contributed by atoms with Gasteiger partial charge < -0.3 is 10.6 Å². The molecule has 0 bridgehead atoms. The van der Waals surface area contributed by atoms with Crippen molar-refractivity contribution in [3.8, 4) is 11.1 Å². The highest BCUT2D eigenvalue weighted by Gasteiger charge is 2.01. The van der Waals surface area contributed by atoms with E-state index in [0.717, 1.165) is 24.1 Å². The molecule has 0 amide bonds. The van der Waals surface area contributed by atoms with Crippen LogP contribution in [0.4, 0.5) is 5.95 Å². The predicted octanol–water partition coefficient (Wildman–Crippen LogP) is 1.95. The summed E-state index contributed by atoms with van der Waals surface area (Å²) in [4.78, 5) is 8.46. The molecule has 0 spiro atoms. The molecule has 0 radical (unpaired) electrons. The van der Waals surface area contributed by atoms with Crippen LogP contribution in [0.25, 0.3) is 11.1 Å². The molecule has 1 heterocycles. The molecule has 2 N–H and O–H groups in total. The van der Waals surface area contributed by atoms with E-state index in [0.29, 0.717) is 5.95 Å². The SMILES string of the molecule is CNCCc1cccc(-c2cnc(NC)nc2)c1. The second kappa shape index (κ2) is 6.12. The van der Waals surface area contributed by atoms with E-state index in [1.165, 1.54) is 5.56 Å². The van der Waals surface area contributed by atoms with E-state index in [4.69, 9.17) is 0 Å². The van der Waals surface area contributed by atoms with Crippen LogP contribution in [-0.4, -0.2) is 30.6 Å². The molecule has 0 aliphatic rings. The smallest absolute Gasteiger partial charge is 0.222 e. The average molecular weight is 242 g/mol. The monoisotopic (exact) mass is 242 g/mol. The molecule has 0 aliphatic carbocycles. The zero-order valence-corrected chi connectivity index (χ0v) is 10.8. The lowest BCUT2D eigenvalue weighted by molar-refractivity contribution is 0.792. The van der Waals surface area contributed by atoms with E-state index in [2.05, 4.69) is 44.9 Å². The van der Waals surface area contributed by atoms with Gasteiger partial charge in [-0.15, -0.1) is 0 Å². The third-order valence-electron chi connectivity index (χ3n) is 2.80. The van der Waals surface area contributed by atoms with Gasteiger partial charge in [0.25, 0.3) is 0 Å². The molecule has 0 saturated carbocycles. The fourth-order valence-corrected chi connectivity index (χ4v) is 1.78. The van der Waals surface area contributed by atoms with Crippen LogP contribution in [-0.2, 0) is 6.42 Å². The summed E-state index contributed by atoms with van der Waals surface area (Å²) in [5.41, 5.74) is 3.52. The van der Waals surface area contributed by atoms with Crippen LogP contribution in [0.2, 0.25) is 0 Å². The number of anilines is 1. The number of hydrogen-bond donors (Lipinski definition) is 2. The van der Waals surface area contributed by atoms with Crippen molar-refractivity contribution in [1.29, 1.82) is 0 Å². The van der Waals surface area contributed by atoms with Gasteiger partial charge in [-0.25, -0.2) is 9.97 Å². The maximum absolute atomic E-state index is 4.23. The van der Waals surface area contributed by atoms with Crippen molar-refractivity contribution in [2.45, 2.75) is 6.42 Å².